The zero-order chi connectivity index (χ0) is 15.0. The van der Waals surface area contributed by atoms with Crippen molar-refractivity contribution in [3.63, 3.8) is 0 Å². The lowest BCUT2D eigenvalue weighted by molar-refractivity contribution is -0.105. The van der Waals surface area contributed by atoms with Gasteiger partial charge < -0.3 is 4.74 Å². The van der Waals surface area contributed by atoms with Crippen molar-refractivity contribution in [2.45, 2.75) is 6.10 Å². The van der Waals surface area contributed by atoms with E-state index in [0.717, 1.165) is 36.6 Å². The van der Waals surface area contributed by atoms with Gasteiger partial charge in [-0.2, -0.15) is 0 Å². The molecule has 0 amide bonds. The molecule has 0 aromatic heterocycles. The van der Waals surface area contributed by atoms with Crippen molar-refractivity contribution in [2.24, 2.45) is 0 Å². The average Bonchev–Trinajstić information content (AvgIpc) is 2.47. The number of carbonyl (C=O) groups is 1. The minimum atomic E-state index is -0.388. The van der Waals surface area contributed by atoms with Gasteiger partial charge in [0.25, 0.3) is 0 Å². The summed E-state index contributed by atoms with van der Waals surface area (Å²) < 4.78 is 8.84. The van der Waals surface area contributed by atoms with E-state index in [0.29, 0.717) is 5.57 Å². The molecule has 0 spiro atoms. The Morgan fingerprint density at radius 3 is 2.38 bits per heavy atom. The molecule has 106 valence electrons. The largest absolute Gasteiger partial charge is 0.479 e. The molecule has 1 unspecified atom stereocenters. The van der Waals surface area contributed by atoms with Crippen LogP contribution in [-0.4, -0.2) is 6.29 Å². The first kappa shape index (κ1) is 15.0. The molecular formula is C16H9Br3O2. The standard InChI is InChI=1S/C16H9Br3O2/c17-12-3-1-9(2-4-12)15-11(8-20)5-10-6-13(18)7-14(19)16(10)21-15/h1-8,15H. The molecule has 2 nitrogen and oxygen atoms in total. The summed E-state index contributed by atoms with van der Waals surface area (Å²) in [5.74, 6) is 0.747. The molecule has 0 radical (unpaired) electrons. The van der Waals surface area contributed by atoms with Crippen molar-refractivity contribution in [2.75, 3.05) is 0 Å². The van der Waals surface area contributed by atoms with Gasteiger partial charge in [0.1, 0.15) is 12.0 Å². The van der Waals surface area contributed by atoms with Gasteiger partial charge in [-0.1, -0.05) is 44.0 Å². The van der Waals surface area contributed by atoms with Crippen molar-refractivity contribution in [1.82, 2.24) is 0 Å². The normalized spacial score (nSPS) is 16.7. The first-order valence-electron chi connectivity index (χ1n) is 6.16. The molecule has 2 aromatic rings. The van der Waals surface area contributed by atoms with E-state index < -0.39 is 0 Å². The van der Waals surface area contributed by atoms with Crippen LogP contribution >= 0.6 is 47.8 Å². The number of halogens is 3. The number of rotatable bonds is 2. The Morgan fingerprint density at radius 2 is 1.71 bits per heavy atom. The van der Waals surface area contributed by atoms with E-state index in [1.165, 1.54) is 0 Å². The van der Waals surface area contributed by atoms with Gasteiger partial charge in [0.2, 0.25) is 0 Å². The fourth-order valence-electron chi connectivity index (χ4n) is 2.25. The lowest BCUT2D eigenvalue weighted by Crippen LogP contribution is -2.16. The monoisotopic (exact) mass is 470 g/mol. The van der Waals surface area contributed by atoms with Gasteiger partial charge >= 0.3 is 0 Å². The Morgan fingerprint density at radius 1 is 1.00 bits per heavy atom. The van der Waals surface area contributed by atoms with Crippen molar-refractivity contribution >= 4 is 60.2 Å². The summed E-state index contributed by atoms with van der Waals surface area (Å²) in [6.45, 7) is 0. The van der Waals surface area contributed by atoms with E-state index in [2.05, 4.69) is 47.8 Å². The van der Waals surface area contributed by atoms with Crippen LogP contribution < -0.4 is 4.74 Å². The maximum atomic E-state index is 11.4. The molecule has 1 atom stereocenters. The summed E-state index contributed by atoms with van der Waals surface area (Å²) in [4.78, 5) is 11.4. The molecule has 2 aromatic carbocycles. The summed E-state index contributed by atoms with van der Waals surface area (Å²) in [6, 6.07) is 11.6. The molecule has 0 saturated carbocycles. The molecule has 0 bridgehead atoms. The second-order valence-corrected chi connectivity index (χ2v) is 7.30. The number of fused-ring (bicyclic) bond motifs is 1. The second-order valence-electron chi connectivity index (χ2n) is 4.62. The van der Waals surface area contributed by atoms with Crippen LogP contribution in [0.15, 0.2) is 55.4 Å². The van der Waals surface area contributed by atoms with E-state index in [9.17, 15) is 4.79 Å². The van der Waals surface area contributed by atoms with Gasteiger partial charge in [-0.3, -0.25) is 4.79 Å². The molecule has 1 aliphatic heterocycles. The highest BCUT2D eigenvalue weighted by Crippen LogP contribution is 2.42. The molecule has 0 fully saturated rings. The Hall–Kier alpha value is -0.910. The fraction of sp³-hybridized carbons (Fsp3) is 0.0625. The summed E-state index contributed by atoms with van der Waals surface area (Å²) in [6.07, 6.45) is 2.33. The summed E-state index contributed by atoms with van der Waals surface area (Å²) in [5, 5.41) is 0. The molecule has 1 aliphatic rings. The third kappa shape index (κ3) is 3.00. The lowest BCUT2D eigenvalue weighted by atomic mass is 9.97. The minimum absolute atomic E-state index is 0.388. The van der Waals surface area contributed by atoms with Crippen LogP contribution in [0.5, 0.6) is 5.75 Å². The number of hydrogen-bond acceptors (Lipinski definition) is 2. The third-order valence-corrected chi connectivity index (χ3v) is 4.78. The van der Waals surface area contributed by atoms with E-state index in [1.54, 1.807) is 0 Å². The lowest BCUT2D eigenvalue weighted by Gasteiger charge is -2.26. The number of hydrogen-bond donors (Lipinski definition) is 0. The van der Waals surface area contributed by atoms with Crippen LogP contribution in [0.1, 0.15) is 17.2 Å². The van der Waals surface area contributed by atoms with E-state index in [1.807, 2.05) is 42.5 Å². The van der Waals surface area contributed by atoms with Crippen molar-refractivity contribution in [3.05, 3.63) is 66.5 Å². The van der Waals surface area contributed by atoms with Crippen LogP contribution in [0.25, 0.3) is 6.08 Å². The highest BCUT2D eigenvalue weighted by molar-refractivity contribution is 9.11. The molecule has 0 aliphatic carbocycles. The van der Waals surface area contributed by atoms with Gasteiger partial charge in [-0.15, -0.1) is 0 Å². The van der Waals surface area contributed by atoms with Gasteiger partial charge in [-0.05, 0) is 51.8 Å². The number of carbonyl (C=O) groups excluding carboxylic acids is 1. The van der Waals surface area contributed by atoms with Crippen LogP contribution in [0.3, 0.4) is 0 Å². The maximum absolute atomic E-state index is 11.4. The molecule has 21 heavy (non-hydrogen) atoms. The average molecular weight is 473 g/mol. The maximum Gasteiger partial charge on any atom is 0.152 e. The van der Waals surface area contributed by atoms with Crippen molar-refractivity contribution in [1.29, 1.82) is 0 Å². The van der Waals surface area contributed by atoms with Gasteiger partial charge in [0, 0.05) is 20.1 Å². The minimum Gasteiger partial charge on any atom is -0.479 e. The van der Waals surface area contributed by atoms with E-state index >= 15 is 0 Å². The molecule has 0 N–H and O–H groups in total. The first-order valence-corrected chi connectivity index (χ1v) is 8.54. The Kier molecular flexibility index (Phi) is 4.33. The zero-order valence-corrected chi connectivity index (χ0v) is 15.4. The highest BCUT2D eigenvalue weighted by Gasteiger charge is 2.26. The highest BCUT2D eigenvalue weighted by atomic mass is 79.9. The van der Waals surface area contributed by atoms with Crippen LogP contribution in [0.4, 0.5) is 0 Å². The Labute approximate surface area is 147 Å². The van der Waals surface area contributed by atoms with Crippen LogP contribution in [0.2, 0.25) is 0 Å². The predicted octanol–water partition coefficient (Wildman–Crippen LogP) is 5.69. The molecular weight excluding hydrogens is 464 g/mol. The summed E-state index contributed by atoms with van der Waals surface area (Å²) >= 11 is 10.4. The predicted molar refractivity (Wildman–Crippen MR) is 93.4 cm³/mol. The SMILES string of the molecule is O=CC1=Cc2cc(Br)cc(Br)c2OC1c1ccc(Br)cc1. The van der Waals surface area contributed by atoms with Crippen molar-refractivity contribution < 1.29 is 9.53 Å². The van der Waals surface area contributed by atoms with Gasteiger partial charge in [-0.25, -0.2) is 0 Å². The number of ether oxygens (including phenoxy) is 1. The van der Waals surface area contributed by atoms with Crippen LogP contribution in [0, 0.1) is 0 Å². The number of benzene rings is 2. The molecule has 0 saturated heterocycles. The second kappa shape index (κ2) is 6.07. The van der Waals surface area contributed by atoms with Crippen LogP contribution in [-0.2, 0) is 4.79 Å². The summed E-state index contributed by atoms with van der Waals surface area (Å²) in [5.41, 5.74) is 2.43. The smallest absolute Gasteiger partial charge is 0.152 e. The van der Waals surface area contributed by atoms with E-state index in [4.69, 9.17) is 4.74 Å². The van der Waals surface area contributed by atoms with Gasteiger partial charge in [0.05, 0.1) is 4.47 Å². The van der Waals surface area contributed by atoms with Gasteiger partial charge in [0.15, 0.2) is 6.10 Å². The first-order chi connectivity index (χ1) is 10.1. The number of aldehydes is 1. The topological polar surface area (TPSA) is 26.3 Å². The Bertz CT molecular complexity index is 736. The summed E-state index contributed by atoms with van der Waals surface area (Å²) in [7, 11) is 0. The molecule has 5 heteroatoms. The van der Waals surface area contributed by atoms with E-state index in [-0.39, 0.29) is 6.10 Å². The Balaban J connectivity index is 2.09. The van der Waals surface area contributed by atoms with Crippen molar-refractivity contribution in [3.8, 4) is 5.75 Å². The third-order valence-electron chi connectivity index (χ3n) is 3.21. The zero-order valence-electron chi connectivity index (χ0n) is 10.6. The quantitative estimate of drug-likeness (QED) is 0.525. The fourth-order valence-corrected chi connectivity index (χ4v) is 3.86. The molecule has 1 heterocycles. The molecule has 3 rings (SSSR count).